The average Bonchev–Trinajstić information content (AvgIpc) is 2.95. The maximum absolute atomic E-state index is 10.0. The van der Waals surface area contributed by atoms with Crippen LogP contribution in [0.1, 0.15) is 49.3 Å². The van der Waals surface area contributed by atoms with Gasteiger partial charge in [0.25, 0.3) is 0 Å². The van der Waals surface area contributed by atoms with E-state index in [1.54, 1.807) is 6.92 Å². The molecule has 0 radical (unpaired) electrons. The van der Waals surface area contributed by atoms with Gasteiger partial charge in [-0.15, -0.1) is 0 Å². The summed E-state index contributed by atoms with van der Waals surface area (Å²) in [4.78, 5) is 14.8. The standard InChI is InChI=1S/C18H13ClN2O.C5H10O/c1-11-17-14-4-2-3-5-15(14)18(20-10-16(17)21-22-11)12-6-8-13(19)9-7-12;1-3-4-5(2)6/h2-9H,10H2,1H3;3-4H2,1-2H3. The zero-order chi connectivity index (χ0) is 20.1. The Morgan fingerprint density at radius 1 is 1.11 bits per heavy atom. The Balaban J connectivity index is 0.000000330. The van der Waals surface area contributed by atoms with Crippen LogP contribution in [0.25, 0.3) is 11.1 Å². The predicted octanol–water partition coefficient (Wildman–Crippen LogP) is 6.03. The molecule has 28 heavy (non-hydrogen) atoms. The number of carbonyl (C=O) groups excluding carboxylic acids is 1. The number of aryl methyl sites for hydroxylation is 1. The number of Topliss-reactive ketones (excluding diaryl/α,β-unsaturated/α-hetero) is 1. The smallest absolute Gasteiger partial charge is 0.141 e. The van der Waals surface area contributed by atoms with Crippen LogP contribution in [0, 0.1) is 6.92 Å². The number of halogens is 1. The third-order valence-corrected chi connectivity index (χ3v) is 4.74. The third-order valence-electron chi connectivity index (χ3n) is 4.49. The average molecular weight is 395 g/mol. The summed E-state index contributed by atoms with van der Waals surface area (Å²) in [7, 11) is 0. The molecule has 0 aliphatic carbocycles. The van der Waals surface area contributed by atoms with Crippen molar-refractivity contribution in [1.29, 1.82) is 0 Å². The van der Waals surface area contributed by atoms with Crippen molar-refractivity contribution in [2.75, 3.05) is 0 Å². The fourth-order valence-corrected chi connectivity index (χ4v) is 3.35. The predicted molar refractivity (Wildman–Crippen MR) is 113 cm³/mol. The Morgan fingerprint density at radius 2 is 1.79 bits per heavy atom. The molecule has 0 atom stereocenters. The first-order valence-corrected chi connectivity index (χ1v) is 9.73. The molecular weight excluding hydrogens is 372 g/mol. The lowest BCUT2D eigenvalue weighted by atomic mass is 9.93. The molecule has 2 heterocycles. The topological polar surface area (TPSA) is 55.5 Å². The number of hydrogen-bond donors (Lipinski definition) is 0. The van der Waals surface area contributed by atoms with Crippen LogP contribution < -0.4 is 0 Å². The summed E-state index contributed by atoms with van der Waals surface area (Å²) in [5.74, 6) is 1.12. The Bertz CT molecular complexity index is 1000. The van der Waals surface area contributed by atoms with Gasteiger partial charge in [0, 0.05) is 22.6 Å². The van der Waals surface area contributed by atoms with Gasteiger partial charge in [-0.1, -0.05) is 60.1 Å². The monoisotopic (exact) mass is 394 g/mol. The van der Waals surface area contributed by atoms with Crippen LogP contribution in [0.3, 0.4) is 0 Å². The Labute approximate surface area is 170 Å². The Morgan fingerprint density at radius 3 is 2.39 bits per heavy atom. The first-order chi connectivity index (χ1) is 13.5. The lowest BCUT2D eigenvalue weighted by Crippen LogP contribution is -2.04. The minimum atomic E-state index is 0.289. The zero-order valence-corrected chi connectivity index (χ0v) is 17.1. The number of carbonyl (C=O) groups is 1. The van der Waals surface area contributed by atoms with Crippen molar-refractivity contribution in [1.82, 2.24) is 5.16 Å². The summed E-state index contributed by atoms with van der Waals surface area (Å²) in [5, 5.41) is 4.88. The van der Waals surface area contributed by atoms with E-state index in [-0.39, 0.29) is 5.78 Å². The number of ketones is 1. The number of hydrogen-bond acceptors (Lipinski definition) is 4. The molecule has 4 nitrogen and oxygen atoms in total. The number of aromatic nitrogens is 1. The maximum Gasteiger partial charge on any atom is 0.141 e. The van der Waals surface area contributed by atoms with E-state index in [4.69, 9.17) is 21.1 Å². The summed E-state index contributed by atoms with van der Waals surface area (Å²) < 4.78 is 5.35. The van der Waals surface area contributed by atoms with Gasteiger partial charge < -0.3 is 9.32 Å². The van der Waals surface area contributed by atoms with E-state index in [2.05, 4.69) is 17.3 Å². The lowest BCUT2D eigenvalue weighted by molar-refractivity contribution is -0.117. The van der Waals surface area contributed by atoms with Gasteiger partial charge in [0.05, 0.1) is 17.8 Å². The van der Waals surface area contributed by atoms with Crippen LogP contribution in [0.4, 0.5) is 0 Å². The molecule has 1 aliphatic rings. The van der Waals surface area contributed by atoms with Gasteiger partial charge in [-0.2, -0.15) is 0 Å². The molecule has 144 valence electrons. The Hall–Kier alpha value is -2.72. The molecule has 4 rings (SSSR count). The molecule has 5 heteroatoms. The van der Waals surface area contributed by atoms with E-state index < -0.39 is 0 Å². The molecule has 0 fully saturated rings. The van der Waals surface area contributed by atoms with Gasteiger partial charge in [0.2, 0.25) is 0 Å². The summed E-state index contributed by atoms with van der Waals surface area (Å²) >= 11 is 6.00. The van der Waals surface area contributed by atoms with Crippen molar-refractivity contribution in [3.05, 3.63) is 76.1 Å². The molecule has 0 N–H and O–H groups in total. The minimum absolute atomic E-state index is 0.289. The molecule has 0 spiro atoms. The second-order valence-electron chi connectivity index (χ2n) is 6.73. The molecular formula is C23H23ClN2O2. The molecule has 1 aromatic heterocycles. The normalized spacial score (nSPS) is 12.1. The van der Waals surface area contributed by atoms with E-state index >= 15 is 0 Å². The molecule has 0 unspecified atom stereocenters. The van der Waals surface area contributed by atoms with Crippen molar-refractivity contribution in [3.8, 4) is 11.1 Å². The van der Waals surface area contributed by atoms with Crippen LogP contribution in [0.15, 0.2) is 58.0 Å². The van der Waals surface area contributed by atoms with E-state index in [0.717, 1.165) is 57.3 Å². The first kappa shape index (κ1) is 20.0. The fraction of sp³-hybridized carbons (Fsp3) is 0.261. The van der Waals surface area contributed by atoms with Crippen LogP contribution in [-0.4, -0.2) is 16.7 Å². The van der Waals surface area contributed by atoms with E-state index in [1.807, 2.05) is 50.2 Å². The summed E-state index contributed by atoms with van der Waals surface area (Å²) in [6.45, 7) is 6.07. The van der Waals surface area contributed by atoms with Gasteiger partial charge in [-0.05, 0) is 38.0 Å². The highest BCUT2D eigenvalue weighted by atomic mass is 35.5. The van der Waals surface area contributed by atoms with Gasteiger partial charge in [0.15, 0.2) is 0 Å². The highest BCUT2D eigenvalue weighted by Gasteiger charge is 2.23. The second kappa shape index (κ2) is 8.98. The van der Waals surface area contributed by atoms with Crippen molar-refractivity contribution in [2.45, 2.75) is 40.2 Å². The molecule has 2 aromatic carbocycles. The van der Waals surface area contributed by atoms with Gasteiger partial charge in [-0.3, -0.25) is 4.99 Å². The van der Waals surface area contributed by atoms with Crippen LogP contribution >= 0.6 is 11.6 Å². The molecule has 0 amide bonds. The van der Waals surface area contributed by atoms with Crippen LogP contribution in [0.2, 0.25) is 5.02 Å². The fourth-order valence-electron chi connectivity index (χ4n) is 3.22. The number of aliphatic imine (C=N–C) groups is 1. The Kier molecular flexibility index (Phi) is 6.42. The number of benzene rings is 2. The van der Waals surface area contributed by atoms with Crippen molar-refractivity contribution >= 4 is 23.1 Å². The summed E-state index contributed by atoms with van der Waals surface area (Å²) in [6.07, 6.45) is 1.72. The highest BCUT2D eigenvalue weighted by Crippen LogP contribution is 2.34. The molecule has 3 aromatic rings. The minimum Gasteiger partial charge on any atom is -0.361 e. The van der Waals surface area contributed by atoms with Crippen LogP contribution in [-0.2, 0) is 11.3 Å². The van der Waals surface area contributed by atoms with Crippen LogP contribution in [0.5, 0.6) is 0 Å². The maximum atomic E-state index is 10.0. The first-order valence-electron chi connectivity index (χ1n) is 9.36. The number of rotatable bonds is 3. The van der Waals surface area contributed by atoms with Crippen molar-refractivity contribution < 1.29 is 9.32 Å². The van der Waals surface area contributed by atoms with Crippen molar-refractivity contribution in [3.63, 3.8) is 0 Å². The molecule has 1 aliphatic heterocycles. The van der Waals surface area contributed by atoms with E-state index in [9.17, 15) is 4.79 Å². The summed E-state index contributed by atoms with van der Waals surface area (Å²) in [5.41, 5.74) is 6.16. The van der Waals surface area contributed by atoms with E-state index in [0.29, 0.717) is 6.54 Å². The molecule has 0 bridgehead atoms. The SMILES string of the molecule is CCCC(C)=O.Cc1onc2c1-c1ccccc1C(c1ccc(Cl)cc1)=NC2. The quantitative estimate of drug-likeness (QED) is 0.544. The molecule has 0 saturated heterocycles. The largest absolute Gasteiger partial charge is 0.361 e. The van der Waals surface area contributed by atoms with Gasteiger partial charge in [-0.25, -0.2) is 0 Å². The lowest BCUT2D eigenvalue weighted by Gasteiger charge is -2.10. The highest BCUT2D eigenvalue weighted by molar-refractivity contribution is 6.30. The van der Waals surface area contributed by atoms with Crippen molar-refractivity contribution in [2.24, 2.45) is 4.99 Å². The molecule has 0 saturated carbocycles. The third kappa shape index (κ3) is 4.39. The van der Waals surface area contributed by atoms with Gasteiger partial charge in [0.1, 0.15) is 17.2 Å². The number of fused-ring (bicyclic) bond motifs is 3. The second-order valence-corrected chi connectivity index (χ2v) is 7.17. The van der Waals surface area contributed by atoms with E-state index in [1.165, 1.54) is 0 Å². The van der Waals surface area contributed by atoms with Gasteiger partial charge >= 0.3 is 0 Å². The zero-order valence-electron chi connectivity index (χ0n) is 16.3. The summed E-state index contributed by atoms with van der Waals surface area (Å²) in [6, 6.07) is 16.0. The number of nitrogens with zero attached hydrogens (tertiary/aromatic N) is 2.